The molecule has 3 aromatic rings. The number of aryl methyl sites for hydroxylation is 1. The number of nitrogens with one attached hydrogen (secondary N) is 3. The van der Waals surface area contributed by atoms with Crippen LogP contribution in [0.3, 0.4) is 0 Å². The first kappa shape index (κ1) is 23.0. The van der Waals surface area contributed by atoms with Crippen molar-refractivity contribution in [2.24, 2.45) is 0 Å². The number of aromatic amines is 1. The number of rotatable bonds is 7. The van der Waals surface area contributed by atoms with Crippen molar-refractivity contribution < 1.29 is 13.2 Å². The Morgan fingerprint density at radius 1 is 1.18 bits per heavy atom. The predicted molar refractivity (Wildman–Crippen MR) is 128 cm³/mol. The van der Waals surface area contributed by atoms with Gasteiger partial charge in [-0.25, -0.2) is 13.4 Å². The molecule has 0 unspecified atom stereocenters. The van der Waals surface area contributed by atoms with E-state index in [2.05, 4.69) is 30.8 Å². The molecule has 1 saturated heterocycles. The normalized spacial score (nSPS) is 14.8. The van der Waals surface area contributed by atoms with Gasteiger partial charge in [-0.05, 0) is 58.0 Å². The van der Waals surface area contributed by atoms with Crippen LogP contribution < -0.4 is 20.3 Å². The highest BCUT2D eigenvalue weighted by Gasteiger charge is 2.29. The average molecular weight is 472 g/mol. The van der Waals surface area contributed by atoms with Gasteiger partial charge in [-0.2, -0.15) is 10.1 Å². The molecule has 10 nitrogen and oxygen atoms in total. The lowest BCUT2D eigenvalue weighted by Crippen LogP contribution is -2.35. The maximum absolute atomic E-state index is 13.2. The molecule has 33 heavy (non-hydrogen) atoms. The Morgan fingerprint density at radius 2 is 1.94 bits per heavy atom. The SMILES string of the molecule is COc1cc(Nc2nccc(N(C)c3n[nH]c(C)c3C)n2)cc(S(=O)(=O)C2CCNCC2)c1. The maximum Gasteiger partial charge on any atom is 0.229 e. The summed E-state index contributed by atoms with van der Waals surface area (Å²) in [7, 11) is -0.0971. The van der Waals surface area contributed by atoms with Crippen molar-refractivity contribution in [2.75, 3.05) is 37.5 Å². The molecule has 0 bridgehead atoms. The monoisotopic (exact) mass is 471 g/mol. The molecular weight excluding hydrogens is 442 g/mol. The van der Waals surface area contributed by atoms with Crippen LogP contribution in [0.25, 0.3) is 0 Å². The summed E-state index contributed by atoms with van der Waals surface area (Å²) in [6.45, 7) is 5.35. The Morgan fingerprint density at radius 3 is 2.61 bits per heavy atom. The van der Waals surface area contributed by atoms with Gasteiger partial charge < -0.3 is 20.3 Å². The first-order valence-corrected chi connectivity index (χ1v) is 12.3. The van der Waals surface area contributed by atoms with Crippen molar-refractivity contribution in [3.63, 3.8) is 0 Å². The van der Waals surface area contributed by atoms with Gasteiger partial charge in [0.15, 0.2) is 15.7 Å². The number of anilines is 4. The number of aromatic nitrogens is 4. The standard InChI is InChI=1S/C22H29N7O3S/c1-14-15(2)27-28-21(14)29(3)20-7-10-24-22(26-20)25-16-11-17(32-4)13-19(12-16)33(30,31)18-5-8-23-9-6-18/h7,10-13,18,23H,5-6,8-9H2,1-4H3,(H,27,28)(H,24,25,26). The van der Waals surface area contributed by atoms with Gasteiger partial charge in [-0.3, -0.25) is 5.10 Å². The zero-order valence-electron chi connectivity index (χ0n) is 19.2. The summed E-state index contributed by atoms with van der Waals surface area (Å²) in [5, 5.41) is 13.2. The van der Waals surface area contributed by atoms with Crippen LogP contribution in [-0.4, -0.2) is 61.1 Å². The fourth-order valence-corrected chi connectivity index (χ4v) is 5.67. The van der Waals surface area contributed by atoms with Crippen LogP contribution in [-0.2, 0) is 9.84 Å². The molecule has 0 amide bonds. The highest BCUT2D eigenvalue weighted by atomic mass is 32.2. The quantitative estimate of drug-likeness (QED) is 0.477. The molecular formula is C22H29N7O3S. The van der Waals surface area contributed by atoms with Gasteiger partial charge in [-0.1, -0.05) is 0 Å². The summed E-state index contributed by atoms with van der Waals surface area (Å²) < 4.78 is 31.8. The van der Waals surface area contributed by atoms with E-state index in [9.17, 15) is 8.42 Å². The number of benzene rings is 1. The minimum Gasteiger partial charge on any atom is -0.497 e. The Kier molecular flexibility index (Phi) is 6.52. The molecule has 4 rings (SSSR count). The third kappa shape index (κ3) is 4.79. The molecule has 1 aromatic carbocycles. The van der Waals surface area contributed by atoms with Gasteiger partial charge in [0.25, 0.3) is 0 Å². The fraction of sp³-hybridized carbons (Fsp3) is 0.409. The summed E-state index contributed by atoms with van der Waals surface area (Å²) >= 11 is 0. The number of hydrogen-bond acceptors (Lipinski definition) is 9. The zero-order chi connectivity index (χ0) is 23.6. The number of hydrogen-bond donors (Lipinski definition) is 3. The lowest BCUT2D eigenvalue weighted by Gasteiger charge is -2.23. The first-order chi connectivity index (χ1) is 15.8. The number of H-pyrrole nitrogens is 1. The van der Waals surface area contributed by atoms with E-state index in [1.165, 1.54) is 7.11 Å². The van der Waals surface area contributed by atoms with Crippen LogP contribution in [0.5, 0.6) is 5.75 Å². The van der Waals surface area contributed by atoms with E-state index >= 15 is 0 Å². The van der Waals surface area contributed by atoms with E-state index in [0.717, 1.165) is 17.1 Å². The molecule has 11 heteroatoms. The molecule has 0 atom stereocenters. The fourth-order valence-electron chi connectivity index (χ4n) is 3.86. The second kappa shape index (κ2) is 9.36. The van der Waals surface area contributed by atoms with Crippen molar-refractivity contribution in [1.82, 2.24) is 25.5 Å². The molecule has 0 spiro atoms. The first-order valence-electron chi connectivity index (χ1n) is 10.8. The largest absolute Gasteiger partial charge is 0.497 e. The number of nitrogens with zero attached hydrogens (tertiary/aromatic N) is 4. The summed E-state index contributed by atoms with van der Waals surface area (Å²) in [4.78, 5) is 11.0. The van der Waals surface area contributed by atoms with Gasteiger partial charge in [0, 0.05) is 36.3 Å². The number of sulfone groups is 1. The van der Waals surface area contributed by atoms with Crippen molar-refractivity contribution in [3.05, 3.63) is 41.7 Å². The van der Waals surface area contributed by atoms with Crippen LogP contribution in [0.4, 0.5) is 23.3 Å². The van der Waals surface area contributed by atoms with E-state index in [4.69, 9.17) is 4.74 Å². The predicted octanol–water partition coefficient (Wildman–Crippen LogP) is 2.86. The summed E-state index contributed by atoms with van der Waals surface area (Å²) in [6.07, 6.45) is 2.82. The van der Waals surface area contributed by atoms with Gasteiger partial charge in [0.2, 0.25) is 5.95 Å². The maximum atomic E-state index is 13.2. The van der Waals surface area contributed by atoms with Crippen LogP contribution in [0.15, 0.2) is 35.4 Å². The highest BCUT2D eigenvalue weighted by molar-refractivity contribution is 7.92. The van der Waals surface area contributed by atoms with E-state index < -0.39 is 15.1 Å². The Bertz CT molecular complexity index is 1240. The highest BCUT2D eigenvalue weighted by Crippen LogP contribution is 2.31. The molecule has 3 heterocycles. The lowest BCUT2D eigenvalue weighted by molar-refractivity contribution is 0.413. The van der Waals surface area contributed by atoms with Gasteiger partial charge in [-0.15, -0.1) is 0 Å². The third-order valence-corrected chi connectivity index (χ3v) is 8.20. The molecule has 3 N–H and O–H groups in total. The Hall–Kier alpha value is -3.18. The molecule has 0 aliphatic carbocycles. The second-order valence-corrected chi connectivity index (χ2v) is 10.3. The molecule has 1 aliphatic rings. The molecule has 1 aliphatic heterocycles. The van der Waals surface area contributed by atoms with E-state index in [-0.39, 0.29) is 4.90 Å². The van der Waals surface area contributed by atoms with Crippen LogP contribution in [0, 0.1) is 13.8 Å². The van der Waals surface area contributed by atoms with E-state index in [1.54, 1.807) is 30.5 Å². The number of piperidine rings is 1. The Balaban J connectivity index is 1.62. The van der Waals surface area contributed by atoms with Crippen molar-refractivity contribution in [3.8, 4) is 5.75 Å². The topological polar surface area (TPSA) is 125 Å². The van der Waals surface area contributed by atoms with Crippen LogP contribution >= 0.6 is 0 Å². The molecule has 1 fully saturated rings. The summed E-state index contributed by atoms with van der Waals surface area (Å²) in [5.41, 5.74) is 2.56. The third-order valence-electron chi connectivity index (χ3n) is 5.96. The number of methoxy groups -OCH3 is 1. The van der Waals surface area contributed by atoms with Crippen molar-refractivity contribution in [2.45, 2.75) is 36.8 Å². The molecule has 0 radical (unpaired) electrons. The van der Waals surface area contributed by atoms with Crippen LogP contribution in [0.1, 0.15) is 24.1 Å². The summed E-state index contributed by atoms with van der Waals surface area (Å²) in [5.74, 6) is 2.20. The van der Waals surface area contributed by atoms with Gasteiger partial charge in [0.05, 0.1) is 17.3 Å². The number of ether oxygens (including phenoxy) is 1. The van der Waals surface area contributed by atoms with Gasteiger partial charge in [0.1, 0.15) is 11.6 Å². The van der Waals surface area contributed by atoms with Crippen LogP contribution in [0.2, 0.25) is 0 Å². The van der Waals surface area contributed by atoms with E-state index in [1.807, 2.05) is 25.8 Å². The summed E-state index contributed by atoms with van der Waals surface area (Å²) in [6, 6.07) is 6.69. The molecule has 0 saturated carbocycles. The smallest absolute Gasteiger partial charge is 0.229 e. The van der Waals surface area contributed by atoms with Crippen molar-refractivity contribution in [1.29, 1.82) is 0 Å². The van der Waals surface area contributed by atoms with Crippen molar-refractivity contribution >= 4 is 33.1 Å². The Labute approximate surface area is 193 Å². The minimum atomic E-state index is -3.49. The van der Waals surface area contributed by atoms with Gasteiger partial charge >= 0.3 is 0 Å². The molecule has 2 aromatic heterocycles. The van der Waals surface area contributed by atoms with E-state index in [0.29, 0.717) is 49.1 Å². The zero-order valence-corrected chi connectivity index (χ0v) is 20.0. The second-order valence-electron chi connectivity index (χ2n) is 8.11. The minimum absolute atomic E-state index is 0.229. The lowest BCUT2D eigenvalue weighted by atomic mass is 10.2. The molecule has 176 valence electrons. The average Bonchev–Trinajstić information content (AvgIpc) is 3.17.